The lowest BCUT2D eigenvalue weighted by Crippen LogP contribution is -2.55. The van der Waals surface area contributed by atoms with Crippen LogP contribution in [0.15, 0.2) is 0 Å². The molecule has 66 valence electrons. The summed E-state index contributed by atoms with van der Waals surface area (Å²) in [5.74, 6) is 2.47. The fraction of sp³-hybridized carbons (Fsp3) is 1.00. The third-order valence-electron chi connectivity index (χ3n) is 4.33. The Kier molecular flexibility index (Phi) is 2.29. The van der Waals surface area contributed by atoms with Crippen LogP contribution in [0.4, 0.5) is 0 Å². The summed E-state index contributed by atoms with van der Waals surface area (Å²) < 4.78 is 0. The topological polar surface area (TPSA) is 26.0 Å². The zero-order chi connectivity index (χ0) is 8.65. The first-order chi connectivity index (χ1) is 5.07. The Morgan fingerprint density at radius 2 is 1.91 bits per heavy atom. The van der Waals surface area contributed by atoms with Gasteiger partial charge in [0.15, 0.2) is 0 Å². The van der Waals surface area contributed by atoms with E-state index in [2.05, 4.69) is 27.7 Å². The average Bonchev–Trinajstić information content (AvgIpc) is 2.04. The SMILES string of the molecule is CCC1(C)C(C)C(C)C1CN. The van der Waals surface area contributed by atoms with Gasteiger partial charge in [-0.1, -0.05) is 34.1 Å². The molecule has 0 aliphatic heterocycles. The first kappa shape index (κ1) is 9.05. The third-order valence-corrected chi connectivity index (χ3v) is 4.33. The van der Waals surface area contributed by atoms with Crippen molar-refractivity contribution in [2.75, 3.05) is 6.54 Å². The van der Waals surface area contributed by atoms with Crippen LogP contribution in [0.5, 0.6) is 0 Å². The normalized spacial score (nSPS) is 50.5. The van der Waals surface area contributed by atoms with Crippen molar-refractivity contribution in [3.63, 3.8) is 0 Å². The molecule has 0 radical (unpaired) electrons. The fourth-order valence-electron chi connectivity index (χ4n) is 2.84. The molecule has 0 heterocycles. The summed E-state index contributed by atoms with van der Waals surface area (Å²) in [4.78, 5) is 0. The second kappa shape index (κ2) is 2.78. The van der Waals surface area contributed by atoms with Crippen LogP contribution < -0.4 is 5.73 Å². The molecule has 1 rings (SSSR count). The summed E-state index contributed by atoms with van der Waals surface area (Å²) in [7, 11) is 0. The molecule has 1 aliphatic carbocycles. The number of hydrogen-bond acceptors (Lipinski definition) is 1. The Labute approximate surface area is 70.4 Å². The summed E-state index contributed by atoms with van der Waals surface area (Å²) in [6.45, 7) is 10.2. The van der Waals surface area contributed by atoms with Crippen molar-refractivity contribution in [3.05, 3.63) is 0 Å². The van der Waals surface area contributed by atoms with Crippen LogP contribution in [0.3, 0.4) is 0 Å². The van der Waals surface area contributed by atoms with Gasteiger partial charge in [0.05, 0.1) is 0 Å². The van der Waals surface area contributed by atoms with Crippen molar-refractivity contribution in [2.24, 2.45) is 28.9 Å². The highest BCUT2D eigenvalue weighted by Gasteiger charge is 2.52. The molecule has 1 nitrogen and oxygen atoms in total. The summed E-state index contributed by atoms with van der Waals surface area (Å²) in [6, 6.07) is 0. The standard InChI is InChI=1S/C10H21N/c1-5-10(4)8(3)7(2)9(10)6-11/h7-9H,5-6,11H2,1-4H3. The lowest BCUT2D eigenvalue weighted by atomic mass is 9.47. The van der Waals surface area contributed by atoms with Crippen LogP contribution in [-0.2, 0) is 0 Å². The highest BCUT2D eigenvalue weighted by atomic mass is 14.7. The van der Waals surface area contributed by atoms with E-state index in [1.54, 1.807) is 0 Å². The Hall–Kier alpha value is -0.0400. The first-order valence-electron chi connectivity index (χ1n) is 4.78. The van der Waals surface area contributed by atoms with Crippen LogP contribution >= 0.6 is 0 Å². The van der Waals surface area contributed by atoms with E-state index in [1.165, 1.54) is 6.42 Å². The van der Waals surface area contributed by atoms with Gasteiger partial charge in [-0.25, -0.2) is 0 Å². The van der Waals surface area contributed by atoms with Gasteiger partial charge in [-0.2, -0.15) is 0 Å². The monoisotopic (exact) mass is 155 g/mol. The molecule has 1 saturated carbocycles. The Morgan fingerprint density at radius 1 is 1.36 bits per heavy atom. The van der Waals surface area contributed by atoms with E-state index in [4.69, 9.17) is 5.73 Å². The van der Waals surface area contributed by atoms with Crippen molar-refractivity contribution in [2.45, 2.75) is 34.1 Å². The fourth-order valence-corrected chi connectivity index (χ4v) is 2.84. The lowest BCUT2D eigenvalue weighted by Gasteiger charge is -2.58. The van der Waals surface area contributed by atoms with E-state index in [-0.39, 0.29) is 0 Å². The van der Waals surface area contributed by atoms with Gasteiger partial charge in [0.2, 0.25) is 0 Å². The van der Waals surface area contributed by atoms with Gasteiger partial charge in [-0.3, -0.25) is 0 Å². The van der Waals surface area contributed by atoms with E-state index in [9.17, 15) is 0 Å². The van der Waals surface area contributed by atoms with Crippen molar-refractivity contribution in [1.82, 2.24) is 0 Å². The molecule has 0 amide bonds. The molecule has 4 unspecified atom stereocenters. The summed E-state index contributed by atoms with van der Waals surface area (Å²) in [5, 5.41) is 0. The van der Waals surface area contributed by atoms with Gasteiger partial charge in [-0.15, -0.1) is 0 Å². The molecule has 4 atom stereocenters. The van der Waals surface area contributed by atoms with Crippen molar-refractivity contribution >= 4 is 0 Å². The Balaban J connectivity index is 2.66. The Morgan fingerprint density at radius 3 is 2.18 bits per heavy atom. The van der Waals surface area contributed by atoms with Crippen molar-refractivity contribution in [1.29, 1.82) is 0 Å². The summed E-state index contributed by atoms with van der Waals surface area (Å²) in [6.07, 6.45) is 1.28. The minimum absolute atomic E-state index is 0.536. The van der Waals surface area contributed by atoms with E-state index < -0.39 is 0 Å². The van der Waals surface area contributed by atoms with Crippen LogP contribution in [0, 0.1) is 23.2 Å². The van der Waals surface area contributed by atoms with Crippen LogP contribution in [0.25, 0.3) is 0 Å². The highest BCUT2D eigenvalue weighted by molar-refractivity contribution is 5.01. The first-order valence-corrected chi connectivity index (χ1v) is 4.78. The molecule has 0 aromatic carbocycles. The predicted molar refractivity (Wildman–Crippen MR) is 49.3 cm³/mol. The quantitative estimate of drug-likeness (QED) is 0.650. The number of hydrogen-bond donors (Lipinski definition) is 1. The molecule has 11 heavy (non-hydrogen) atoms. The zero-order valence-electron chi connectivity index (χ0n) is 8.22. The van der Waals surface area contributed by atoms with Crippen molar-refractivity contribution < 1.29 is 0 Å². The summed E-state index contributed by atoms with van der Waals surface area (Å²) in [5.41, 5.74) is 6.27. The van der Waals surface area contributed by atoms with E-state index in [1.807, 2.05) is 0 Å². The largest absolute Gasteiger partial charge is 0.330 e. The van der Waals surface area contributed by atoms with E-state index in [0.29, 0.717) is 5.41 Å². The third kappa shape index (κ3) is 1.01. The van der Waals surface area contributed by atoms with E-state index >= 15 is 0 Å². The minimum atomic E-state index is 0.536. The van der Waals surface area contributed by atoms with Crippen molar-refractivity contribution in [3.8, 4) is 0 Å². The molecule has 0 aromatic heterocycles. The number of nitrogens with two attached hydrogens (primary N) is 1. The van der Waals surface area contributed by atoms with Gasteiger partial charge >= 0.3 is 0 Å². The second-order valence-electron chi connectivity index (χ2n) is 4.35. The molecule has 1 aliphatic rings. The molecule has 2 N–H and O–H groups in total. The van der Waals surface area contributed by atoms with Gasteiger partial charge in [0, 0.05) is 0 Å². The van der Waals surface area contributed by atoms with Crippen LogP contribution in [0.1, 0.15) is 34.1 Å². The van der Waals surface area contributed by atoms with E-state index in [0.717, 1.165) is 24.3 Å². The molecule has 0 bridgehead atoms. The molecule has 0 saturated heterocycles. The highest BCUT2D eigenvalue weighted by Crippen LogP contribution is 2.56. The maximum Gasteiger partial charge on any atom is -0.00409 e. The van der Waals surface area contributed by atoms with Gasteiger partial charge < -0.3 is 5.73 Å². The Bertz CT molecular complexity index is 144. The van der Waals surface area contributed by atoms with Gasteiger partial charge in [0.25, 0.3) is 0 Å². The molecule has 0 aromatic rings. The lowest BCUT2D eigenvalue weighted by molar-refractivity contribution is -0.0884. The molecule has 0 spiro atoms. The van der Waals surface area contributed by atoms with Crippen LogP contribution in [-0.4, -0.2) is 6.54 Å². The molecular formula is C10H21N. The molecule has 1 heteroatoms. The number of rotatable bonds is 2. The maximum atomic E-state index is 5.74. The summed E-state index contributed by atoms with van der Waals surface area (Å²) >= 11 is 0. The predicted octanol–water partition coefficient (Wildman–Crippen LogP) is 2.26. The minimum Gasteiger partial charge on any atom is -0.330 e. The second-order valence-corrected chi connectivity index (χ2v) is 4.35. The zero-order valence-corrected chi connectivity index (χ0v) is 8.22. The van der Waals surface area contributed by atoms with Gasteiger partial charge in [0.1, 0.15) is 0 Å². The van der Waals surface area contributed by atoms with Crippen LogP contribution in [0.2, 0.25) is 0 Å². The molecular weight excluding hydrogens is 134 g/mol. The van der Waals surface area contributed by atoms with Gasteiger partial charge in [-0.05, 0) is 29.7 Å². The molecule has 1 fully saturated rings. The maximum absolute atomic E-state index is 5.74. The average molecular weight is 155 g/mol. The smallest absolute Gasteiger partial charge is 0.00409 e.